The van der Waals surface area contributed by atoms with Gasteiger partial charge in [0.15, 0.2) is 5.82 Å². The molecule has 184 valence electrons. The van der Waals surface area contributed by atoms with Gasteiger partial charge in [-0.1, -0.05) is 63.1 Å². The Kier molecular flexibility index (Phi) is 7.84. The molecule has 0 bridgehead atoms. The molecule has 5 nitrogen and oxygen atoms in total. The predicted molar refractivity (Wildman–Crippen MR) is 144 cm³/mol. The predicted octanol–water partition coefficient (Wildman–Crippen LogP) is 6.19. The van der Waals surface area contributed by atoms with E-state index >= 15 is 0 Å². The Morgan fingerprint density at radius 3 is 2.31 bits per heavy atom. The minimum absolute atomic E-state index is 0.120. The summed E-state index contributed by atoms with van der Waals surface area (Å²) in [6.07, 6.45) is 3.44. The molecule has 35 heavy (non-hydrogen) atoms. The Labute approximate surface area is 210 Å². The lowest BCUT2D eigenvalue weighted by molar-refractivity contribution is 0.0746. The zero-order chi connectivity index (χ0) is 24.9. The first-order chi connectivity index (χ1) is 16.9. The van der Waals surface area contributed by atoms with E-state index in [-0.39, 0.29) is 5.91 Å². The van der Waals surface area contributed by atoms with Crippen LogP contribution in [-0.2, 0) is 6.42 Å². The Hall–Kier alpha value is -3.21. The van der Waals surface area contributed by atoms with Crippen molar-refractivity contribution in [3.63, 3.8) is 0 Å². The first-order valence-electron chi connectivity index (χ1n) is 13.0. The second-order valence-corrected chi connectivity index (χ2v) is 9.97. The van der Waals surface area contributed by atoms with Crippen LogP contribution < -0.4 is 4.90 Å². The van der Waals surface area contributed by atoms with Crippen LogP contribution >= 0.6 is 0 Å². The van der Waals surface area contributed by atoms with E-state index in [1.165, 1.54) is 29.5 Å². The van der Waals surface area contributed by atoms with E-state index in [4.69, 9.17) is 9.97 Å². The van der Waals surface area contributed by atoms with Crippen molar-refractivity contribution in [3.05, 3.63) is 76.5 Å². The average Bonchev–Trinajstić information content (AvgIpc) is 2.86. The monoisotopic (exact) mass is 470 g/mol. The molecule has 1 fully saturated rings. The van der Waals surface area contributed by atoms with Crippen molar-refractivity contribution in [1.82, 2.24) is 14.9 Å². The molecule has 5 heteroatoms. The molecule has 0 unspecified atom stereocenters. The highest BCUT2D eigenvalue weighted by Gasteiger charge is 2.26. The smallest absolute Gasteiger partial charge is 0.253 e. The largest absolute Gasteiger partial charge is 0.353 e. The number of hydrogen-bond acceptors (Lipinski definition) is 4. The highest BCUT2D eigenvalue weighted by Crippen LogP contribution is 2.31. The Balaban J connectivity index is 1.51. The summed E-state index contributed by atoms with van der Waals surface area (Å²) >= 11 is 0. The molecule has 2 aromatic carbocycles. The summed E-state index contributed by atoms with van der Waals surface area (Å²) in [5, 5.41) is 0. The van der Waals surface area contributed by atoms with E-state index in [1.54, 1.807) is 0 Å². The van der Waals surface area contributed by atoms with Crippen LogP contribution in [0.5, 0.6) is 0 Å². The highest BCUT2D eigenvalue weighted by atomic mass is 16.2. The zero-order valence-electron chi connectivity index (χ0n) is 21.8. The van der Waals surface area contributed by atoms with Gasteiger partial charge >= 0.3 is 0 Å². The number of anilines is 1. The lowest BCUT2D eigenvalue weighted by Gasteiger charge is -2.37. The molecule has 1 aliphatic rings. The van der Waals surface area contributed by atoms with Gasteiger partial charge in [0.2, 0.25) is 0 Å². The summed E-state index contributed by atoms with van der Waals surface area (Å²) in [5.74, 6) is 2.22. The normalized spacial score (nSPS) is 14.0. The molecule has 1 aromatic heterocycles. The number of carbonyl (C=O) groups is 1. The first kappa shape index (κ1) is 24.9. The van der Waals surface area contributed by atoms with Crippen molar-refractivity contribution in [2.75, 3.05) is 31.1 Å². The molecule has 0 aliphatic carbocycles. The van der Waals surface area contributed by atoms with Gasteiger partial charge in [-0.25, -0.2) is 9.97 Å². The van der Waals surface area contributed by atoms with Crippen LogP contribution in [0.25, 0.3) is 11.4 Å². The van der Waals surface area contributed by atoms with Crippen molar-refractivity contribution >= 4 is 11.7 Å². The van der Waals surface area contributed by atoms with E-state index in [1.807, 2.05) is 17.0 Å². The number of aryl methyl sites for hydroxylation is 3. The number of rotatable bonds is 7. The first-order valence-corrected chi connectivity index (χ1v) is 13.0. The number of carbonyl (C=O) groups excluding carboxylic acids is 1. The minimum atomic E-state index is 0.120. The van der Waals surface area contributed by atoms with Crippen LogP contribution in [0.2, 0.25) is 0 Å². The maximum absolute atomic E-state index is 13.2. The SMILES string of the molecule is CCCCc1ccc(C(=O)N2CCN(c3nc(-c4cccc(C)c4)nc(C)c3C(C)C)CC2)cc1. The average molecular weight is 471 g/mol. The number of aromatic nitrogens is 2. The molecule has 0 radical (unpaired) electrons. The Morgan fingerprint density at radius 2 is 1.69 bits per heavy atom. The summed E-state index contributed by atoms with van der Waals surface area (Å²) in [6, 6.07) is 16.5. The van der Waals surface area contributed by atoms with Gasteiger partial charge in [0.25, 0.3) is 5.91 Å². The van der Waals surface area contributed by atoms with Crippen LogP contribution in [0.3, 0.4) is 0 Å². The lowest BCUT2D eigenvalue weighted by Crippen LogP contribution is -2.49. The molecule has 1 amide bonds. The van der Waals surface area contributed by atoms with Crippen molar-refractivity contribution in [3.8, 4) is 11.4 Å². The third kappa shape index (κ3) is 5.72. The molecule has 0 saturated carbocycles. The number of benzene rings is 2. The third-order valence-corrected chi connectivity index (χ3v) is 6.86. The van der Waals surface area contributed by atoms with Crippen LogP contribution in [0.15, 0.2) is 48.5 Å². The number of piperazine rings is 1. The summed E-state index contributed by atoms with van der Waals surface area (Å²) < 4.78 is 0. The minimum Gasteiger partial charge on any atom is -0.353 e. The van der Waals surface area contributed by atoms with Crippen LogP contribution in [0, 0.1) is 13.8 Å². The van der Waals surface area contributed by atoms with Crippen molar-refractivity contribution in [2.24, 2.45) is 0 Å². The van der Waals surface area contributed by atoms with Crippen molar-refractivity contribution in [1.29, 1.82) is 0 Å². The molecule has 0 N–H and O–H groups in total. The summed E-state index contributed by atoms with van der Waals surface area (Å²) in [5.41, 5.74) is 6.55. The molecular formula is C30H38N4O. The van der Waals surface area contributed by atoms with E-state index < -0.39 is 0 Å². The number of hydrogen-bond donors (Lipinski definition) is 0. The molecular weight excluding hydrogens is 432 g/mol. The summed E-state index contributed by atoms with van der Waals surface area (Å²) in [4.78, 5) is 27.4. The van der Waals surface area contributed by atoms with Gasteiger partial charge in [0, 0.05) is 48.6 Å². The van der Waals surface area contributed by atoms with Gasteiger partial charge in [-0.3, -0.25) is 4.79 Å². The third-order valence-electron chi connectivity index (χ3n) is 6.86. The number of nitrogens with zero attached hydrogens (tertiary/aromatic N) is 4. The van der Waals surface area contributed by atoms with Gasteiger partial charge in [-0.2, -0.15) is 0 Å². The molecule has 3 aromatic rings. The fraction of sp³-hybridized carbons (Fsp3) is 0.433. The van der Waals surface area contributed by atoms with Crippen molar-refractivity contribution < 1.29 is 4.79 Å². The van der Waals surface area contributed by atoms with Gasteiger partial charge in [-0.15, -0.1) is 0 Å². The molecule has 2 heterocycles. The van der Waals surface area contributed by atoms with E-state index in [0.717, 1.165) is 48.0 Å². The topological polar surface area (TPSA) is 49.3 Å². The second-order valence-electron chi connectivity index (χ2n) is 9.97. The number of amides is 1. The van der Waals surface area contributed by atoms with E-state index in [0.29, 0.717) is 19.0 Å². The van der Waals surface area contributed by atoms with Gasteiger partial charge in [0.05, 0.1) is 0 Å². The molecule has 1 aliphatic heterocycles. The molecule has 0 spiro atoms. The van der Waals surface area contributed by atoms with Crippen LogP contribution in [0.1, 0.15) is 72.3 Å². The quantitative estimate of drug-likeness (QED) is 0.413. The van der Waals surface area contributed by atoms with Gasteiger partial charge < -0.3 is 9.80 Å². The molecule has 1 saturated heterocycles. The Morgan fingerprint density at radius 1 is 0.971 bits per heavy atom. The lowest BCUT2D eigenvalue weighted by atomic mass is 10.0. The van der Waals surface area contributed by atoms with Gasteiger partial charge in [-0.05, 0) is 56.4 Å². The van der Waals surface area contributed by atoms with Crippen LogP contribution in [0.4, 0.5) is 5.82 Å². The van der Waals surface area contributed by atoms with E-state index in [9.17, 15) is 4.79 Å². The maximum Gasteiger partial charge on any atom is 0.253 e. The Bertz CT molecular complexity index is 1160. The van der Waals surface area contributed by atoms with Crippen LogP contribution in [-0.4, -0.2) is 47.0 Å². The second kappa shape index (κ2) is 11.0. The summed E-state index contributed by atoms with van der Waals surface area (Å²) in [6.45, 7) is 13.7. The number of unbranched alkanes of at least 4 members (excludes halogenated alkanes) is 1. The highest BCUT2D eigenvalue weighted by molar-refractivity contribution is 5.94. The molecule has 4 rings (SSSR count). The maximum atomic E-state index is 13.2. The zero-order valence-corrected chi connectivity index (χ0v) is 21.8. The summed E-state index contributed by atoms with van der Waals surface area (Å²) in [7, 11) is 0. The van der Waals surface area contributed by atoms with E-state index in [2.05, 4.69) is 75.9 Å². The molecule has 0 atom stereocenters. The fourth-order valence-corrected chi connectivity index (χ4v) is 4.90. The van der Waals surface area contributed by atoms with Crippen molar-refractivity contribution in [2.45, 2.75) is 59.8 Å². The fourth-order valence-electron chi connectivity index (χ4n) is 4.90. The standard InChI is InChI=1S/C30H38N4O/c1-6-7-10-24-12-14-25(15-13-24)30(35)34-18-16-33(17-19-34)29-27(21(2)3)23(5)31-28(32-29)26-11-8-9-22(4)20-26/h8-9,11-15,20-21H,6-7,10,16-19H2,1-5H3. The van der Waals surface area contributed by atoms with Gasteiger partial charge in [0.1, 0.15) is 5.82 Å².